The Balaban J connectivity index is 2.02. The molecule has 1 fully saturated rings. The van der Waals surface area contributed by atoms with Crippen LogP contribution in [0.25, 0.3) is 0 Å². The van der Waals surface area contributed by atoms with E-state index in [1.165, 1.54) is 0 Å². The van der Waals surface area contributed by atoms with Crippen LogP contribution in [0.15, 0.2) is 18.2 Å². The van der Waals surface area contributed by atoms with Crippen molar-refractivity contribution in [2.24, 2.45) is 5.41 Å². The maximum Gasteiger partial charge on any atom is 0.148 e. The summed E-state index contributed by atoms with van der Waals surface area (Å²) in [5, 5.41) is 3.30. The van der Waals surface area contributed by atoms with Crippen molar-refractivity contribution in [3.8, 4) is 0 Å². The van der Waals surface area contributed by atoms with Crippen LogP contribution in [0.1, 0.15) is 20.8 Å². The molecule has 0 radical (unpaired) electrons. The van der Waals surface area contributed by atoms with Gasteiger partial charge in [0.1, 0.15) is 5.82 Å². The van der Waals surface area contributed by atoms with Crippen molar-refractivity contribution in [2.45, 2.75) is 20.8 Å². The predicted octanol–water partition coefficient (Wildman–Crippen LogP) is 3.04. The fraction of sp³-hybridized carbons (Fsp3) is 0.625. The highest BCUT2D eigenvalue weighted by molar-refractivity contribution is 5.56. The fourth-order valence-corrected chi connectivity index (χ4v) is 2.29. The minimum atomic E-state index is -0.131. The molecule has 1 heterocycles. The molecule has 0 aromatic heterocycles. The second-order valence-electron chi connectivity index (χ2n) is 6.87. The molecule has 112 valence electrons. The maximum absolute atomic E-state index is 14.3. The number of likely N-dealkylation sites (N-methyl/N-ethyl adjacent to an activating group) is 1. The summed E-state index contributed by atoms with van der Waals surface area (Å²) in [6.07, 6.45) is 0. The number of hydrogen-bond acceptors (Lipinski definition) is 3. The zero-order valence-electron chi connectivity index (χ0n) is 13.0. The molecule has 0 amide bonds. The predicted molar refractivity (Wildman–Crippen MR) is 84.1 cm³/mol. The lowest BCUT2D eigenvalue weighted by molar-refractivity contribution is 0.311. The molecule has 20 heavy (non-hydrogen) atoms. The summed E-state index contributed by atoms with van der Waals surface area (Å²) in [5.41, 5.74) is 1.77. The van der Waals surface area contributed by atoms with E-state index in [1.807, 2.05) is 12.1 Å². The smallest absolute Gasteiger partial charge is 0.148 e. The molecule has 0 saturated carbocycles. The first-order chi connectivity index (χ1) is 9.35. The number of hydrogen-bond donors (Lipinski definition) is 1. The summed E-state index contributed by atoms with van der Waals surface area (Å²) in [6, 6.07) is 5.48. The van der Waals surface area contributed by atoms with Crippen molar-refractivity contribution < 1.29 is 4.39 Å². The third-order valence-corrected chi connectivity index (χ3v) is 3.61. The van der Waals surface area contributed by atoms with Gasteiger partial charge in [-0.2, -0.15) is 0 Å². The van der Waals surface area contributed by atoms with Crippen LogP contribution in [0.2, 0.25) is 0 Å². The lowest BCUT2D eigenvalue weighted by Gasteiger charge is -2.34. The van der Waals surface area contributed by atoms with Crippen LogP contribution < -0.4 is 10.2 Å². The Kier molecular flexibility index (Phi) is 4.53. The van der Waals surface area contributed by atoms with Crippen LogP contribution in [-0.4, -0.2) is 44.7 Å². The highest BCUT2D eigenvalue weighted by Gasteiger charge is 2.17. The summed E-state index contributed by atoms with van der Waals surface area (Å²) < 4.78 is 14.3. The molecule has 0 atom stereocenters. The molecule has 0 spiro atoms. The van der Waals surface area contributed by atoms with Crippen molar-refractivity contribution in [2.75, 3.05) is 50.0 Å². The van der Waals surface area contributed by atoms with Crippen LogP contribution in [0.4, 0.5) is 15.8 Å². The Morgan fingerprint density at radius 3 is 2.35 bits per heavy atom. The van der Waals surface area contributed by atoms with Crippen LogP contribution in [-0.2, 0) is 0 Å². The second-order valence-corrected chi connectivity index (χ2v) is 6.87. The monoisotopic (exact) mass is 279 g/mol. The molecule has 1 N–H and O–H groups in total. The molecule has 2 rings (SSSR count). The Morgan fingerprint density at radius 2 is 1.80 bits per heavy atom. The Hall–Kier alpha value is -1.29. The van der Waals surface area contributed by atoms with E-state index in [0.717, 1.165) is 44.1 Å². The van der Waals surface area contributed by atoms with Gasteiger partial charge in [-0.3, -0.25) is 0 Å². The topological polar surface area (TPSA) is 18.5 Å². The first kappa shape index (κ1) is 15.1. The van der Waals surface area contributed by atoms with E-state index in [1.54, 1.807) is 6.07 Å². The van der Waals surface area contributed by atoms with Gasteiger partial charge in [0, 0.05) is 38.4 Å². The molecule has 4 heteroatoms. The van der Waals surface area contributed by atoms with Gasteiger partial charge in [0.25, 0.3) is 0 Å². The highest BCUT2D eigenvalue weighted by atomic mass is 19.1. The molecule has 1 aliphatic heterocycles. The van der Waals surface area contributed by atoms with E-state index in [2.05, 4.69) is 42.9 Å². The van der Waals surface area contributed by atoms with Gasteiger partial charge in [-0.1, -0.05) is 20.8 Å². The third kappa shape index (κ3) is 4.10. The van der Waals surface area contributed by atoms with Gasteiger partial charge < -0.3 is 15.1 Å². The number of nitrogens with one attached hydrogen (secondary N) is 1. The summed E-state index contributed by atoms with van der Waals surface area (Å²) in [4.78, 5) is 4.40. The van der Waals surface area contributed by atoms with Crippen LogP contribution in [0.5, 0.6) is 0 Å². The van der Waals surface area contributed by atoms with E-state index in [4.69, 9.17) is 0 Å². The van der Waals surface area contributed by atoms with Crippen molar-refractivity contribution in [1.82, 2.24) is 4.90 Å². The maximum atomic E-state index is 14.3. The molecule has 1 aliphatic rings. The van der Waals surface area contributed by atoms with Crippen molar-refractivity contribution in [3.05, 3.63) is 24.0 Å². The summed E-state index contributed by atoms with van der Waals surface area (Å²) >= 11 is 0. The van der Waals surface area contributed by atoms with Gasteiger partial charge in [-0.05, 0) is 30.7 Å². The largest absolute Gasteiger partial charge is 0.384 e. The SMILES string of the molecule is CN1CCN(c2ccc(NCC(C)(C)C)cc2F)CC1. The summed E-state index contributed by atoms with van der Waals surface area (Å²) in [5.74, 6) is -0.131. The first-order valence-electron chi connectivity index (χ1n) is 7.32. The second kappa shape index (κ2) is 6.00. The number of anilines is 2. The molecular formula is C16H26FN3. The van der Waals surface area contributed by atoms with E-state index < -0.39 is 0 Å². The Bertz CT molecular complexity index is 446. The fourth-order valence-electron chi connectivity index (χ4n) is 2.29. The number of piperazine rings is 1. The molecule has 0 aliphatic carbocycles. The first-order valence-corrected chi connectivity index (χ1v) is 7.32. The standard InChI is InChI=1S/C16H26FN3/c1-16(2,3)12-18-13-5-6-15(14(17)11-13)20-9-7-19(4)8-10-20/h5-6,11,18H,7-10,12H2,1-4H3. The van der Waals surface area contributed by atoms with Gasteiger partial charge in [0.2, 0.25) is 0 Å². The molecule has 0 bridgehead atoms. The van der Waals surface area contributed by atoms with Gasteiger partial charge >= 0.3 is 0 Å². The number of rotatable bonds is 3. The lowest BCUT2D eigenvalue weighted by atomic mass is 9.97. The van der Waals surface area contributed by atoms with Gasteiger partial charge in [-0.15, -0.1) is 0 Å². The van der Waals surface area contributed by atoms with Crippen molar-refractivity contribution in [3.63, 3.8) is 0 Å². The van der Waals surface area contributed by atoms with Crippen LogP contribution in [0, 0.1) is 11.2 Å². The highest BCUT2D eigenvalue weighted by Crippen LogP contribution is 2.24. The minimum absolute atomic E-state index is 0.131. The number of nitrogens with zero attached hydrogens (tertiary/aromatic N) is 2. The average Bonchev–Trinajstić information content (AvgIpc) is 2.37. The molecule has 1 aromatic carbocycles. The van der Waals surface area contributed by atoms with Gasteiger partial charge in [-0.25, -0.2) is 4.39 Å². The zero-order chi connectivity index (χ0) is 14.8. The third-order valence-electron chi connectivity index (χ3n) is 3.61. The van der Waals surface area contributed by atoms with Gasteiger partial charge in [0.15, 0.2) is 0 Å². The Morgan fingerprint density at radius 1 is 1.15 bits per heavy atom. The van der Waals surface area contributed by atoms with Gasteiger partial charge in [0.05, 0.1) is 5.69 Å². The average molecular weight is 279 g/mol. The Labute approximate surface area is 121 Å². The summed E-state index contributed by atoms with van der Waals surface area (Å²) in [7, 11) is 2.10. The lowest BCUT2D eigenvalue weighted by Crippen LogP contribution is -2.44. The zero-order valence-corrected chi connectivity index (χ0v) is 13.0. The molecule has 1 saturated heterocycles. The molecule has 0 unspecified atom stereocenters. The quantitative estimate of drug-likeness (QED) is 0.917. The molecular weight excluding hydrogens is 253 g/mol. The van der Waals surface area contributed by atoms with Crippen molar-refractivity contribution in [1.29, 1.82) is 0 Å². The number of benzene rings is 1. The van der Waals surface area contributed by atoms with E-state index >= 15 is 0 Å². The number of halogens is 1. The van der Waals surface area contributed by atoms with E-state index in [0.29, 0.717) is 0 Å². The molecule has 1 aromatic rings. The van der Waals surface area contributed by atoms with Crippen LogP contribution >= 0.6 is 0 Å². The molecule has 3 nitrogen and oxygen atoms in total. The van der Waals surface area contributed by atoms with Crippen molar-refractivity contribution >= 4 is 11.4 Å². The van der Waals surface area contributed by atoms with E-state index in [-0.39, 0.29) is 11.2 Å². The summed E-state index contributed by atoms with van der Waals surface area (Å²) in [6.45, 7) is 11.1. The van der Waals surface area contributed by atoms with Crippen LogP contribution in [0.3, 0.4) is 0 Å². The van der Waals surface area contributed by atoms with E-state index in [9.17, 15) is 4.39 Å². The minimum Gasteiger partial charge on any atom is -0.384 e. The normalized spacial score (nSPS) is 17.4.